The third-order valence-corrected chi connectivity index (χ3v) is 5.02. The molecule has 0 fully saturated rings. The molecule has 0 heterocycles. The SMILES string of the molecule is COc1ccc(NC(=O)C(C)NS(=O)(=O)c2ccc(Cl)cc2)cc1. The van der Waals surface area contributed by atoms with Crippen molar-refractivity contribution >= 4 is 33.2 Å². The monoisotopic (exact) mass is 368 g/mol. The van der Waals surface area contributed by atoms with E-state index in [0.717, 1.165) is 0 Å². The molecule has 128 valence electrons. The molecule has 1 atom stereocenters. The third kappa shape index (κ3) is 4.70. The molecule has 0 saturated carbocycles. The van der Waals surface area contributed by atoms with E-state index in [1.807, 2.05) is 0 Å². The molecule has 8 heteroatoms. The predicted octanol–water partition coefficient (Wildman–Crippen LogP) is 2.65. The number of rotatable bonds is 6. The van der Waals surface area contributed by atoms with Crippen molar-refractivity contribution in [3.05, 3.63) is 53.6 Å². The fourth-order valence-electron chi connectivity index (χ4n) is 1.89. The number of amides is 1. The van der Waals surface area contributed by atoms with Crippen molar-refractivity contribution in [3.8, 4) is 5.75 Å². The highest BCUT2D eigenvalue weighted by atomic mass is 35.5. The lowest BCUT2D eigenvalue weighted by molar-refractivity contribution is -0.117. The summed E-state index contributed by atoms with van der Waals surface area (Å²) in [6, 6.07) is 11.5. The van der Waals surface area contributed by atoms with Gasteiger partial charge in [-0.05, 0) is 55.5 Å². The molecule has 2 aromatic rings. The normalized spacial score (nSPS) is 12.5. The number of halogens is 1. The molecule has 0 spiro atoms. The summed E-state index contributed by atoms with van der Waals surface area (Å²) in [5, 5.41) is 3.06. The second-order valence-electron chi connectivity index (χ2n) is 5.01. The van der Waals surface area contributed by atoms with Crippen molar-refractivity contribution < 1.29 is 17.9 Å². The average Bonchev–Trinajstić information content (AvgIpc) is 2.55. The van der Waals surface area contributed by atoms with E-state index < -0.39 is 22.0 Å². The Bertz CT molecular complexity index is 805. The first-order valence-electron chi connectivity index (χ1n) is 7.04. The Hall–Kier alpha value is -2.09. The quantitative estimate of drug-likeness (QED) is 0.820. The Balaban J connectivity index is 2.03. The summed E-state index contributed by atoms with van der Waals surface area (Å²) in [4.78, 5) is 12.2. The molecule has 0 aliphatic rings. The van der Waals surface area contributed by atoms with Crippen LogP contribution in [0.2, 0.25) is 5.02 Å². The lowest BCUT2D eigenvalue weighted by Crippen LogP contribution is -2.41. The first kappa shape index (κ1) is 18.3. The largest absolute Gasteiger partial charge is 0.497 e. The fourth-order valence-corrected chi connectivity index (χ4v) is 3.22. The van der Waals surface area contributed by atoms with Crippen LogP contribution in [0.3, 0.4) is 0 Å². The smallest absolute Gasteiger partial charge is 0.242 e. The van der Waals surface area contributed by atoms with E-state index >= 15 is 0 Å². The van der Waals surface area contributed by atoms with Gasteiger partial charge in [0.1, 0.15) is 5.75 Å². The van der Waals surface area contributed by atoms with Crippen LogP contribution in [-0.2, 0) is 14.8 Å². The molecule has 0 bridgehead atoms. The van der Waals surface area contributed by atoms with Crippen molar-refractivity contribution in [2.45, 2.75) is 17.9 Å². The van der Waals surface area contributed by atoms with E-state index in [0.29, 0.717) is 16.5 Å². The Labute approximate surface area is 145 Å². The van der Waals surface area contributed by atoms with Crippen LogP contribution in [0.1, 0.15) is 6.92 Å². The molecular weight excluding hydrogens is 352 g/mol. The Kier molecular flexibility index (Phi) is 5.82. The molecule has 0 saturated heterocycles. The van der Waals surface area contributed by atoms with Crippen molar-refractivity contribution in [2.75, 3.05) is 12.4 Å². The minimum absolute atomic E-state index is 0.0380. The van der Waals surface area contributed by atoms with Crippen LogP contribution in [0, 0.1) is 0 Å². The molecular formula is C16H17ClN2O4S. The average molecular weight is 369 g/mol. The molecule has 6 nitrogen and oxygen atoms in total. The Morgan fingerprint density at radius 1 is 1.08 bits per heavy atom. The Morgan fingerprint density at radius 3 is 2.21 bits per heavy atom. The number of sulfonamides is 1. The lowest BCUT2D eigenvalue weighted by Gasteiger charge is -2.14. The van der Waals surface area contributed by atoms with Crippen LogP contribution in [0.15, 0.2) is 53.4 Å². The summed E-state index contributed by atoms with van der Waals surface area (Å²) in [6.07, 6.45) is 0. The zero-order valence-corrected chi connectivity index (χ0v) is 14.7. The summed E-state index contributed by atoms with van der Waals surface area (Å²) in [5.74, 6) is 0.183. The molecule has 0 aromatic heterocycles. The van der Waals surface area contributed by atoms with Crippen molar-refractivity contribution in [3.63, 3.8) is 0 Å². The van der Waals surface area contributed by atoms with E-state index in [4.69, 9.17) is 16.3 Å². The van der Waals surface area contributed by atoms with Crippen LogP contribution >= 0.6 is 11.6 Å². The molecule has 1 amide bonds. The van der Waals surface area contributed by atoms with E-state index in [-0.39, 0.29) is 4.90 Å². The third-order valence-electron chi connectivity index (χ3n) is 3.21. The van der Waals surface area contributed by atoms with Crippen LogP contribution in [0.25, 0.3) is 0 Å². The first-order chi connectivity index (χ1) is 11.3. The number of nitrogens with one attached hydrogen (secondary N) is 2. The summed E-state index contributed by atoms with van der Waals surface area (Å²) in [5.41, 5.74) is 0.540. The summed E-state index contributed by atoms with van der Waals surface area (Å²) < 4.78 is 31.8. The number of ether oxygens (including phenoxy) is 1. The van der Waals surface area contributed by atoms with Crippen molar-refractivity contribution in [1.29, 1.82) is 0 Å². The molecule has 1 unspecified atom stereocenters. The van der Waals surface area contributed by atoms with Gasteiger partial charge in [0.05, 0.1) is 18.0 Å². The maximum absolute atomic E-state index is 12.2. The summed E-state index contributed by atoms with van der Waals surface area (Å²) in [6.45, 7) is 1.46. The van der Waals surface area contributed by atoms with Gasteiger partial charge in [0.15, 0.2) is 0 Å². The number of hydrogen-bond acceptors (Lipinski definition) is 4. The standard InChI is InChI=1S/C16H17ClN2O4S/c1-11(16(20)18-13-5-7-14(23-2)8-6-13)19-24(21,22)15-9-3-12(17)4-10-15/h3-11,19H,1-2H3,(H,18,20). The highest BCUT2D eigenvalue weighted by Gasteiger charge is 2.22. The van der Waals surface area contributed by atoms with E-state index in [9.17, 15) is 13.2 Å². The molecule has 0 radical (unpaired) electrons. The number of carbonyl (C=O) groups is 1. The van der Waals surface area contributed by atoms with Gasteiger partial charge in [-0.2, -0.15) is 4.72 Å². The topological polar surface area (TPSA) is 84.5 Å². The van der Waals surface area contributed by atoms with Gasteiger partial charge in [0.2, 0.25) is 15.9 Å². The zero-order valence-electron chi connectivity index (χ0n) is 13.1. The molecule has 2 N–H and O–H groups in total. The zero-order chi connectivity index (χ0) is 17.7. The van der Waals surface area contributed by atoms with Gasteiger partial charge in [-0.15, -0.1) is 0 Å². The Morgan fingerprint density at radius 2 is 1.67 bits per heavy atom. The number of carbonyl (C=O) groups excluding carboxylic acids is 1. The van der Waals surface area contributed by atoms with Gasteiger partial charge in [-0.1, -0.05) is 11.6 Å². The van der Waals surface area contributed by atoms with Gasteiger partial charge in [-0.3, -0.25) is 4.79 Å². The predicted molar refractivity (Wildman–Crippen MR) is 92.9 cm³/mol. The molecule has 0 aliphatic heterocycles. The molecule has 24 heavy (non-hydrogen) atoms. The minimum Gasteiger partial charge on any atom is -0.497 e. The van der Waals surface area contributed by atoms with Crippen molar-refractivity contribution in [1.82, 2.24) is 4.72 Å². The molecule has 2 rings (SSSR count). The van der Waals surface area contributed by atoms with E-state index in [1.165, 1.54) is 31.2 Å². The maximum Gasteiger partial charge on any atom is 0.242 e. The minimum atomic E-state index is -3.81. The summed E-state index contributed by atoms with van der Waals surface area (Å²) in [7, 11) is -2.27. The number of methoxy groups -OCH3 is 1. The van der Waals surface area contributed by atoms with Gasteiger partial charge in [0.25, 0.3) is 0 Å². The lowest BCUT2D eigenvalue weighted by atomic mass is 10.2. The van der Waals surface area contributed by atoms with E-state index in [1.54, 1.807) is 31.4 Å². The maximum atomic E-state index is 12.2. The first-order valence-corrected chi connectivity index (χ1v) is 8.91. The van der Waals surface area contributed by atoms with Gasteiger partial charge in [0, 0.05) is 10.7 Å². The fraction of sp³-hybridized carbons (Fsp3) is 0.188. The second kappa shape index (κ2) is 7.65. The van der Waals surface area contributed by atoms with Gasteiger partial charge >= 0.3 is 0 Å². The van der Waals surface area contributed by atoms with E-state index in [2.05, 4.69) is 10.0 Å². The number of anilines is 1. The highest BCUT2D eigenvalue weighted by molar-refractivity contribution is 7.89. The number of benzene rings is 2. The second-order valence-corrected chi connectivity index (χ2v) is 7.17. The van der Waals surface area contributed by atoms with Gasteiger partial charge < -0.3 is 10.1 Å². The molecule has 2 aromatic carbocycles. The highest BCUT2D eigenvalue weighted by Crippen LogP contribution is 2.16. The molecule has 0 aliphatic carbocycles. The van der Waals surface area contributed by atoms with Crippen molar-refractivity contribution in [2.24, 2.45) is 0 Å². The number of hydrogen-bond donors (Lipinski definition) is 2. The van der Waals surface area contributed by atoms with Crippen LogP contribution in [0.4, 0.5) is 5.69 Å². The van der Waals surface area contributed by atoms with Gasteiger partial charge in [-0.25, -0.2) is 8.42 Å². The van der Waals surface area contributed by atoms with Crippen LogP contribution < -0.4 is 14.8 Å². The van der Waals surface area contributed by atoms with Crippen LogP contribution in [0.5, 0.6) is 5.75 Å². The summed E-state index contributed by atoms with van der Waals surface area (Å²) >= 11 is 5.74. The van der Waals surface area contributed by atoms with Crippen LogP contribution in [-0.4, -0.2) is 27.5 Å².